The summed E-state index contributed by atoms with van der Waals surface area (Å²) >= 11 is 0. The molecule has 6 nitrogen and oxygen atoms in total. The van der Waals surface area contributed by atoms with E-state index in [2.05, 4.69) is 20.9 Å². The Morgan fingerprint density at radius 2 is 1.64 bits per heavy atom. The molecule has 2 aromatic carbocycles. The van der Waals surface area contributed by atoms with Crippen molar-refractivity contribution < 1.29 is 22.4 Å². The monoisotopic (exact) mass is 572 g/mol. The second-order valence-electron chi connectivity index (χ2n) is 6.93. The van der Waals surface area contributed by atoms with E-state index in [1.54, 1.807) is 31.3 Å². The summed E-state index contributed by atoms with van der Waals surface area (Å²) in [6, 6.07) is 15.7. The van der Waals surface area contributed by atoms with Crippen LogP contribution in [0.15, 0.2) is 76.3 Å². The number of hydrogen-bond donors (Lipinski definition) is 3. The average molecular weight is 572 g/mol. The first-order valence-electron chi connectivity index (χ1n) is 9.89. The number of alkyl halides is 3. The van der Waals surface area contributed by atoms with E-state index in [-0.39, 0.29) is 35.6 Å². The van der Waals surface area contributed by atoms with Crippen molar-refractivity contribution in [2.75, 3.05) is 18.9 Å². The SMILES string of the molecule is CN=C(NCCc1ccc(C(F)(F)F)cc1)NCc1ccc(NC(=O)c2ccco2)cc1.I. The van der Waals surface area contributed by atoms with E-state index >= 15 is 0 Å². The summed E-state index contributed by atoms with van der Waals surface area (Å²) in [5.41, 5.74) is 1.77. The third kappa shape index (κ3) is 8.12. The van der Waals surface area contributed by atoms with Gasteiger partial charge in [0.25, 0.3) is 5.91 Å². The molecule has 0 aliphatic heterocycles. The molecule has 1 heterocycles. The first-order valence-corrected chi connectivity index (χ1v) is 9.89. The molecule has 1 amide bonds. The summed E-state index contributed by atoms with van der Waals surface area (Å²) in [6.07, 6.45) is -2.33. The number of nitrogens with zero attached hydrogens (tertiary/aromatic N) is 1. The predicted octanol–water partition coefficient (Wildman–Crippen LogP) is 5.08. The third-order valence-electron chi connectivity index (χ3n) is 4.63. The number of anilines is 1. The Labute approximate surface area is 206 Å². The zero-order valence-corrected chi connectivity index (χ0v) is 20.1. The van der Waals surface area contributed by atoms with E-state index in [0.717, 1.165) is 23.3 Å². The molecule has 0 saturated carbocycles. The van der Waals surface area contributed by atoms with Crippen molar-refractivity contribution in [1.29, 1.82) is 0 Å². The van der Waals surface area contributed by atoms with Gasteiger partial charge in [-0.1, -0.05) is 24.3 Å². The summed E-state index contributed by atoms with van der Waals surface area (Å²) in [4.78, 5) is 16.1. The van der Waals surface area contributed by atoms with E-state index in [4.69, 9.17) is 4.42 Å². The van der Waals surface area contributed by atoms with Crippen LogP contribution in [0.4, 0.5) is 18.9 Å². The minimum atomic E-state index is -4.33. The molecule has 0 unspecified atom stereocenters. The van der Waals surface area contributed by atoms with Gasteiger partial charge >= 0.3 is 6.18 Å². The van der Waals surface area contributed by atoms with Crippen LogP contribution >= 0.6 is 24.0 Å². The molecule has 1 aromatic heterocycles. The maximum absolute atomic E-state index is 12.6. The lowest BCUT2D eigenvalue weighted by Gasteiger charge is -2.13. The molecule has 0 fully saturated rings. The van der Waals surface area contributed by atoms with Crippen LogP contribution in [-0.4, -0.2) is 25.5 Å². The Morgan fingerprint density at radius 1 is 0.970 bits per heavy atom. The minimum Gasteiger partial charge on any atom is -0.459 e. The summed E-state index contributed by atoms with van der Waals surface area (Å²) in [5, 5.41) is 9.06. The topological polar surface area (TPSA) is 78.7 Å². The zero-order valence-electron chi connectivity index (χ0n) is 17.8. The molecule has 3 rings (SSSR count). The normalized spacial score (nSPS) is 11.5. The highest BCUT2D eigenvalue weighted by atomic mass is 127. The van der Waals surface area contributed by atoms with Crippen LogP contribution < -0.4 is 16.0 Å². The molecule has 0 bridgehead atoms. The van der Waals surface area contributed by atoms with Gasteiger partial charge in [0.15, 0.2) is 11.7 Å². The fourth-order valence-electron chi connectivity index (χ4n) is 2.90. The fraction of sp³-hybridized carbons (Fsp3) is 0.217. The predicted molar refractivity (Wildman–Crippen MR) is 132 cm³/mol. The molecule has 0 radical (unpaired) electrons. The Balaban J connectivity index is 0.00000385. The van der Waals surface area contributed by atoms with Crippen LogP contribution in [0.3, 0.4) is 0 Å². The lowest BCUT2D eigenvalue weighted by molar-refractivity contribution is -0.137. The number of rotatable bonds is 7. The van der Waals surface area contributed by atoms with Crippen LogP contribution in [0.2, 0.25) is 0 Å². The molecule has 3 N–H and O–H groups in total. The number of guanidine groups is 1. The van der Waals surface area contributed by atoms with Gasteiger partial charge < -0.3 is 20.4 Å². The van der Waals surface area contributed by atoms with Crippen molar-refractivity contribution in [1.82, 2.24) is 10.6 Å². The molecule has 176 valence electrons. The molecule has 0 spiro atoms. The molecular weight excluding hydrogens is 548 g/mol. The standard InChI is InChI=1S/C23H23F3N4O2.HI/c1-27-22(28-13-12-16-4-8-18(9-5-16)23(24,25)26)29-15-17-6-10-19(11-7-17)30-21(31)20-3-2-14-32-20;/h2-11,14H,12-13,15H2,1H3,(H,30,31)(H2,27,28,29);1H. The summed E-state index contributed by atoms with van der Waals surface area (Å²) in [5.74, 6) is 0.493. The molecule has 3 aromatic rings. The molecule has 33 heavy (non-hydrogen) atoms. The number of hydrogen-bond acceptors (Lipinski definition) is 3. The lowest BCUT2D eigenvalue weighted by Crippen LogP contribution is -2.37. The van der Waals surface area contributed by atoms with Crippen molar-refractivity contribution in [3.63, 3.8) is 0 Å². The smallest absolute Gasteiger partial charge is 0.416 e. The van der Waals surface area contributed by atoms with Crippen molar-refractivity contribution >= 4 is 41.5 Å². The first-order chi connectivity index (χ1) is 15.3. The van der Waals surface area contributed by atoms with E-state index in [1.807, 2.05) is 12.1 Å². The van der Waals surface area contributed by atoms with E-state index in [9.17, 15) is 18.0 Å². The van der Waals surface area contributed by atoms with Gasteiger partial charge in [-0.15, -0.1) is 24.0 Å². The Hall–Kier alpha value is -3.02. The van der Waals surface area contributed by atoms with E-state index in [1.165, 1.54) is 18.4 Å². The molecule has 0 aliphatic carbocycles. The number of halogens is 4. The highest BCUT2D eigenvalue weighted by molar-refractivity contribution is 14.0. The summed E-state index contributed by atoms with van der Waals surface area (Å²) in [6.45, 7) is 1.02. The maximum atomic E-state index is 12.6. The van der Waals surface area contributed by atoms with E-state index in [0.29, 0.717) is 31.2 Å². The lowest BCUT2D eigenvalue weighted by atomic mass is 10.1. The number of aliphatic imine (C=N–C) groups is 1. The second kappa shape index (κ2) is 12.3. The van der Waals surface area contributed by atoms with Crippen molar-refractivity contribution in [3.05, 3.63) is 89.4 Å². The summed E-state index contributed by atoms with van der Waals surface area (Å²) in [7, 11) is 1.64. The largest absolute Gasteiger partial charge is 0.459 e. The molecular formula is C23H24F3IN4O2. The Bertz CT molecular complexity index is 1040. The highest BCUT2D eigenvalue weighted by Crippen LogP contribution is 2.29. The van der Waals surface area contributed by atoms with Crippen LogP contribution in [-0.2, 0) is 19.1 Å². The number of carbonyl (C=O) groups is 1. The molecule has 0 atom stereocenters. The van der Waals surface area contributed by atoms with Gasteiger partial charge in [0.2, 0.25) is 0 Å². The van der Waals surface area contributed by atoms with Gasteiger partial charge in [0.05, 0.1) is 11.8 Å². The number of carbonyl (C=O) groups excluding carboxylic acids is 1. The Kier molecular flexibility index (Phi) is 9.76. The first kappa shape index (κ1) is 26.2. The second-order valence-corrected chi connectivity index (χ2v) is 6.93. The van der Waals surface area contributed by atoms with Gasteiger partial charge in [0, 0.05) is 25.8 Å². The van der Waals surface area contributed by atoms with Gasteiger partial charge in [0.1, 0.15) is 0 Å². The minimum absolute atomic E-state index is 0. The highest BCUT2D eigenvalue weighted by Gasteiger charge is 2.29. The quantitative estimate of drug-likeness (QED) is 0.210. The average Bonchev–Trinajstić information content (AvgIpc) is 3.32. The van der Waals surface area contributed by atoms with Crippen molar-refractivity contribution in [2.24, 2.45) is 4.99 Å². The summed E-state index contributed by atoms with van der Waals surface area (Å²) < 4.78 is 42.9. The number of furan rings is 1. The van der Waals surface area contributed by atoms with Crippen LogP contribution in [0.5, 0.6) is 0 Å². The Morgan fingerprint density at radius 3 is 2.21 bits per heavy atom. The van der Waals surface area contributed by atoms with Crippen LogP contribution in [0.1, 0.15) is 27.2 Å². The van der Waals surface area contributed by atoms with Gasteiger partial charge in [-0.25, -0.2) is 0 Å². The van der Waals surface area contributed by atoms with Gasteiger partial charge in [-0.05, 0) is 53.9 Å². The number of amides is 1. The molecule has 0 aliphatic rings. The number of benzene rings is 2. The van der Waals surface area contributed by atoms with Crippen molar-refractivity contribution in [3.8, 4) is 0 Å². The number of nitrogens with one attached hydrogen (secondary N) is 3. The van der Waals surface area contributed by atoms with Gasteiger partial charge in [-0.2, -0.15) is 13.2 Å². The molecule has 0 saturated heterocycles. The van der Waals surface area contributed by atoms with Crippen LogP contribution in [0.25, 0.3) is 0 Å². The van der Waals surface area contributed by atoms with Crippen molar-refractivity contribution in [2.45, 2.75) is 19.1 Å². The van der Waals surface area contributed by atoms with E-state index < -0.39 is 11.7 Å². The van der Waals surface area contributed by atoms with Crippen LogP contribution in [0, 0.1) is 0 Å². The maximum Gasteiger partial charge on any atom is 0.416 e. The molecule has 10 heteroatoms. The van der Waals surface area contributed by atoms with Gasteiger partial charge in [-0.3, -0.25) is 9.79 Å². The third-order valence-corrected chi connectivity index (χ3v) is 4.63. The fourth-order valence-corrected chi connectivity index (χ4v) is 2.90. The zero-order chi connectivity index (χ0) is 23.0.